The molecule has 0 fully saturated rings. The monoisotopic (exact) mass is 291 g/mol. The van der Waals surface area contributed by atoms with Crippen molar-refractivity contribution < 1.29 is 13.9 Å². The lowest BCUT2D eigenvalue weighted by Gasteiger charge is -2.20. The molecule has 1 atom stereocenters. The summed E-state index contributed by atoms with van der Waals surface area (Å²) in [5.74, 6) is 0.899. The predicted molar refractivity (Wildman–Crippen MR) is 84.5 cm³/mol. The molecule has 0 spiro atoms. The van der Waals surface area contributed by atoms with E-state index in [2.05, 4.69) is 11.4 Å². The highest BCUT2D eigenvalue weighted by atomic mass is 16.5. The van der Waals surface area contributed by atoms with Crippen molar-refractivity contribution in [2.24, 2.45) is 0 Å². The molecule has 4 heteroatoms. The first-order chi connectivity index (χ1) is 9.99. The van der Waals surface area contributed by atoms with Crippen molar-refractivity contribution in [3.8, 4) is 0 Å². The van der Waals surface area contributed by atoms with Gasteiger partial charge in [0.1, 0.15) is 11.3 Å². The fourth-order valence-corrected chi connectivity index (χ4v) is 2.09. The summed E-state index contributed by atoms with van der Waals surface area (Å²) in [7, 11) is 1.91. The number of para-hydroxylation sites is 1. The maximum absolute atomic E-state index is 5.86. The van der Waals surface area contributed by atoms with Crippen molar-refractivity contribution >= 4 is 11.0 Å². The lowest BCUT2D eigenvalue weighted by molar-refractivity contribution is -0.0377. The zero-order valence-electron chi connectivity index (χ0n) is 13.3. The Morgan fingerprint density at radius 2 is 1.95 bits per heavy atom. The summed E-state index contributed by atoms with van der Waals surface area (Å²) in [5, 5.41) is 4.34. The smallest absolute Gasteiger partial charge is 0.134 e. The summed E-state index contributed by atoms with van der Waals surface area (Å²) in [6.45, 7) is 7.85. The molecule has 0 saturated heterocycles. The molecule has 0 aliphatic rings. The first-order valence-electron chi connectivity index (χ1n) is 7.37. The van der Waals surface area contributed by atoms with Crippen LogP contribution in [-0.2, 0) is 9.47 Å². The van der Waals surface area contributed by atoms with Gasteiger partial charge >= 0.3 is 0 Å². The van der Waals surface area contributed by atoms with E-state index >= 15 is 0 Å². The average molecular weight is 291 g/mol. The summed E-state index contributed by atoms with van der Waals surface area (Å²) < 4.78 is 17.2. The maximum Gasteiger partial charge on any atom is 0.134 e. The van der Waals surface area contributed by atoms with E-state index in [9.17, 15) is 0 Å². The van der Waals surface area contributed by atoms with Crippen molar-refractivity contribution in [3.63, 3.8) is 0 Å². The molecule has 1 unspecified atom stereocenters. The Hall–Kier alpha value is -1.36. The molecule has 0 aliphatic heterocycles. The van der Waals surface area contributed by atoms with Gasteiger partial charge in [-0.05, 0) is 40.0 Å². The molecular weight excluding hydrogens is 266 g/mol. The molecule has 1 heterocycles. The summed E-state index contributed by atoms with van der Waals surface area (Å²) in [5.41, 5.74) is 0.786. The fraction of sp³-hybridized carbons (Fsp3) is 0.529. The third-order valence-electron chi connectivity index (χ3n) is 3.18. The van der Waals surface area contributed by atoms with Crippen LogP contribution in [0.2, 0.25) is 0 Å². The van der Waals surface area contributed by atoms with Crippen LogP contribution in [0.5, 0.6) is 0 Å². The van der Waals surface area contributed by atoms with Gasteiger partial charge in [-0.15, -0.1) is 0 Å². The van der Waals surface area contributed by atoms with Crippen LogP contribution in [0, 0.1) is 0 Å². The third-order valence-corrected chi connectivity index (χ3v) is 3.18. The highest BCUT2D eigenvalue weighted by Gasteiger charge is 2.15. The quantitative estimate of drug-likeness (QED) is 0.793. The second-order valence-corrected chi connectivity index (χ2v) is 6.06. The first-order valence-corrected chi connectivity index (χ1v) is 7.37. The van der Waals surface area contributed by atoms with Crippen LogP contribution in [0.3, 0.4) is 0 Å². The van der Waals surface area contributed by atoms with Crippen LogP contribution >= 0.6 is 0 Å². The largest absolute Gasteiger partial charge is 0.459 e. The summed E-state index contributed by atoms with van der Waals surface area (Å²) >= 11 is 0. The molecule has 116 valence electrons. The van der Waals surface area contributed by atoms with Crippen LogP contribution in [0.15, 0.2) is 34.7 Å². The van der Waals surface area contributed by atoms with Gasteiger partial charge in [0.2, 0.25) is 0 Å². The molecule has 0 saturated carbocycles. The minimum atomic E-state index is -0.121. The van der Waals surface area contributed by atoms with Gasteiger partial charge in [0.25, 0.3) is 0 Å². The minimum Gasteiger partial charge on any atom is -0.459 e. The van der Waals surface area contributed by atoms with Gasteiger partial charge in [-0.2, -0.15) is 0 Å². The second kappa shape index (κ2) is 7.07. The number of nitrogens with one attached hydrogen (secondary N) is 1. The highest BCUT2D eigenvalue weighted by Crippen LogP contribution is 2.23. The van der Waals surface area contributed by atoms with E-state index in [1.165, 1.54) is 0 Å². The van der Waals surface area contributed by atoms with Crippen LogP contribution < -0.4 is 5.32 Å². The van der Waals surface area contributed by atoms with E-state index < -0.39 is 0 Å². The van der Waals surface area contributed by atoms with Crippen LogP contribution in [0.25, 0.3) is 11.0 Å². The summed E-state index contributed by atoms with van der Waals surface area (Å²) in [6.07, 6.45) is 0. The van der Waals surface area contributed by atoms with E-state index in [1.807, 2.05) is 52.1 Å². The second-order valence-electron chi connectivity index (χ2n) is 6.06. The van der Waals surface area contributed by atoms with E-state index in [-0.39, 0.29) is 11.6 Å². The van der Waals surface area contributed by atoms with Gasteiger partial charge in [0.15, 0.2) is 0 Å². The van der Waals surface area contributed by atoms with Crippen LogP contribution in [0.1, 0.15) is 32.6 Å². The van der Waals surface area contributed by atoms with Crippen molar-refractivity contribution in [2.45, 2.75) is 32.4 Å². The van der Waals surface area contributed by atoms with Gasteiger partial charge in [0.05, 0.1) is 31.5 Å². The molecule has 4 nitrogen and oxygen atoms in total. The molecule has 21 heavy (non-hydrogen) atoms. The van der Waals surface area contributed by atoms with Crippen molar-refractivity contribution in [1.29, 1.82) is 0 Å². The normalized spacial score (nSPS) is 13.7. The SMILES string of the molecule is CNC(COCCOC(C)(C)C)c1cc2ccccc2o1. The van der Waals surface area contributed by atoms with Gasteiger partial charge in [0, 0.05) is 5.39 Å². The van der Waals surface area contributed by atoms with Crippen molar-refractivity contribution in [2.75, 3.05) is 26.9 Å². The van der Waals surface area contributed by atoms with Gasteiger partial charge in [-0.25, -0.2) is 0 Å². The Morgan fingerprint density at radius 1 is 1.19 bits per heavy atom. The number of benzene rings is 1. The molecule has 1 aromatic heterocycles. The third kappa shape index (κ3) is 4.84. The summed E-state index contributed by atoms with van der Waals surface area (Å²) in [6, 6.07) is 10.1. The molecule has 0 bridgehead atoms. The topological polar surface area (TPSA) is 43.6 Å². The van der Waals surface area contributed by atoms with Crippen molar-refractivity contribution in [1.82, 2.24) is 5.32 Å². The number of furan rings is 1. The lowest BCUT2D eigenvalue weighted by atomic mass is 10.2. The van der Waals surface area contributed by atoms with E-state index in [0.717, 1.165) is 16.7 Å². The molecule has 0 amide bonds. The number of likely N-dealkylation sites (N-methyl/N-ethyl adjacent to an activating group) is 1. The molecule has 1 aromatic carbocycles. The zero-order chi connectivity index (χ0) is 15.3. The number of rotatable bonds is 7. The van der Waals surface area contributed by atoms with E-state index in [0.29, 0.717) is 19.8 Å². The van der Waals surface area contributed by atoms with Crippen LogP contribution in [0.4, 0.5) is 0 Å². The number of ether oxygens (including phenoxy) is 2. The minimum absolute atomic E-state index is 0.0482. The Morgan fingerprint density at radius 3 is 2.62 bits per heavy atom. The average Bonchev–Trinajstić information content (AvgIpc) is 2.85. The molecule has 0 radical (unpaired) electrons. The van der Waals surface area contributed by atoms with Gasteiger partial charge in [-0.1, -0.05) is 18.2 Å². The lowest BCUT2D eigenvalue weighted by Crippen LogP contribution is -2.25. The molecule has 2 rings (SSSR count). The molecule has 1 N–H and O–H groups in total. The number of fused-ring (bicyclic) bond motifs is 1. The van der Waals surface area contributed by atoms with Crippen LogP contribution in [-0.4, -0.2) is 32.5 Å². The maximum atomic E-state index is 5.86. The van der Waals surface area contributed by atoms with E-state index in [4.69, 9.17) is 13.9 Å². The fourth-order valence-electron chi connectivity index (χ4n) is 2.09. The number of hydrogen-bond acceptors (Lipinski definition) is 4. The van der Waals surface area contributed by atoms with E-state index in [1.54, 1.807) is 0 Å². The molecular formula is C17H25NO3. The first kappa shape index (κ1) is 16.0. The standard InChI is InChI=1S/C17H25NO3/c1-17(2,3)20-10-9-19-12-14(18-4)16-11-13-7-5-6-8-15(13)21-16/h5-8,11,14,18H,9-10,12H2,1-4H3. The summed E-state index contributed by atoms with van der Waals surface area (Å²) in [4.78, 5) is 0. The van der Waals surface area contributed by atoms with Gasteiger partial charge < -0.3 is 19.2 Å². The Bertz CT molecular complexity index is 523. The Balaban J connectivity index is 1.85. The zero-order valence-corrected chi connectivity index (χ0v) is 13.3. The Kier molecular flexibility index (Phi) is 5.39. The Labute approximate surface area is 126 Å². The number of hydrogen-bond donors (Lipinski definition) is 1. The predicted octanol–water partition coefficient (Wildman–Crippen LogP) is 3.53. The van der Waals surface area contributed by atoms with Crippen molar-refractivity contribution in [3.05, 3.63) is 36.1 Å². The molecule has 2 aromatic rings. The molecule has 0 aliphatic carbocycles. The van der Waals surface area contributed by atoms with Gasteiger partial charge in [-0.3, -0.25) is 0 Å². The highest BCUT2D eigenvalue weighted by molar-refractivity contribution is 5.77.